The third-order valence-electron chi connectivity index (χ3n) is 4.45. The highest BCUT2D eigenvalue weighted by atomic mass is 32.1. The van der Waals surface area contributed by atoms with E-state index >= 15 is 0 Å². The first-order chi connectivity index (χ1) is 11.7. The van der Waals surface area contributed by atoms with Crippen molar-refractivity contribution in [2.75, 3.05) is 13.2 Å². The van der Waals surface area contributed by atoms with Gasteiger partial charge in [-0.3, -0.25) is 4.79 Å². The molecular weight excluding hydrogens is 326 g/mol. The maximum absolute atomic E-state index is 12.2. The summed E-state index contributed by atoms with van der Waals surface area (Å²) < 4.78 is 1.59. The van der Waals surface area contributed by atoms with Gasteiger partial charge >= 0.3 is 0 Å². The van der Waals surface area contributed by atoms with Gasteiger partial charge in [-0.25, -0.2) is 14.5 Å². The van der Waals surface area contributed by atoms with Crippen LogP contribution >= 0.6 is 11.3 Å². The monoisotopic (exact) mass is 345 g/mol. The SMILES string of the molecule is CC1CCc2sc3ncn4nc(C(=O)NCCCO)nc4c3c2C1. The third kappa shape index (κ3) is 2.55. The highest BCUT2D eigenvalue weighted by Gasteiger charge is 2.24. The molecule has 0 fully saturated rings. The molecule has 0 radical (unpaired) electrons. The predicted octanol–water partition coefficient (Wildman–Crippen LogP) is 1.58. The molecule has 0 saturated heterocycles. The number of aryl methyl sites for hydroxylation is 1. The topological polar surface area (TPSA) is 92.4 Å². The van der Waals surface area contributed by atoms with Crippen molar-refractivity contribution in [1.82, 2.24) is 24.9 Å². The van der Waals surface area contributed by atoms with E-state index in [2.05, 4.69) is 27.3 Å². The summed E-state index contributed by atoms with van der Waals surface area (Å²) in [6, 6.07) is 0. The van der Waals surface area contributed by atoms with E-state index in [-0.39, 0.29) is 18.3 Å². The van der Waals surface area contributed by atoms with Gasteiger partial charge in [-0.15, -0.1) is 16.4 Å². The Morgan fingerprint density at radius 2 is 2.42 bits per heavy atom. The van der Waals surface area contributed by atoms with E-state index in [1.54, 1.807) is 22.2 Å². The molecule has 1 amide bonds. The van der Waals surface area contributed by atoms with Crippen molar-refractivity contribution in [2.24, 2.45) is 5.92 Å². The molecule has 3 aromatic rings. The number of nitrogens with zero attached hydrogens (tertiary/aromatic N) is 4. The Morgan fingerprint density at radius 3 is 3.25 bits per heavy atom. The molecule has 2 N–H and O–H groups in total. The lowest BCUT2D eigenvalue weighted by Crippen LogP contribution is -2.26. The zero-order valence-corrected chi connectivity index (χ0v) is 14.3. The van der Waals surface area contributed by atoms with Gasteiger partial charge in [0.15, 0.2) is 5.65 Å². The Balaban J connectivity index is 1.77. The quantitative estimate of drug-likeness (QED) is 0.700. The molecule has 0 spiro atoms. The van der Waals surface area contributed by atoms with Gasteiger partial charge in [0.25, 0.3) is 5.91 Å². The first-order valence-corrected chi connectivity index (χ1v) is 9.03. The molecule has 0 aromatic carbocycles. The highest BCUT2D eigenvalue weighted by molar-refractivity contribution is 7.19. The van der Waals surface area contributed by atoms with E-state index in [1.807, 2.05) is 0 Å². The fourth-order valence-corrected chi connectivity index (χ4v) is 4.38. The Labute approximate surface area is 142 Å². The molecule has 1 atom stereocenters. The van der Waals surface area contributed by atoms with Crippen molar-refractivity contribution in [3.05, 3.63) is 22.6 Å². The second-order valence-electron chi connectivity index (χ2n) is 6.31. The van der Waals surface area contributed by atoms with Crippen LogP contribution in [0.3, 0.4) is 0 Å². The van der Waals surface area contributed by atoms with Crippen LogP contribution in [0, 0.1) is 5.92 Å². The number of aliphatic hydroxyl groups is 1. The van der Waals surface area contributed by atoms with Gasteiger partial charge in [0, 0.05) is 18.0 Å². The molecule has 0 saturated carbocycles. The summed E-state index contributed by atoms with van der Waals surface area (Å²) in [6.07, 6.45) is 5.47. The maximum atomic E-state index is 12.2. The molecule has 1 unspecified atom stereocenters. The summed E-state index contributed by atoms with van der Waals surface area (Å²) in [7, 11) is 0. The van der Waals surface area contributed by atoms with E-state index in [0.717, 1.165) is 23.1 Å². The van der Waals surface area contributed by atoms with E-state index in [4.69, 9.17) is 5.11 Å². The number of hydrogen-bond acceptors (Lipinski definition) is 6. The van der Waals surface area contributed by atoms with E-state index in [1.165, 1.54) is 16.9 Å². The van der Waals surface area contributed by atoms with Crippen molar-refractivity contribution in [3.63, 3.8) is 0 Å². The largest absolute Gasteiger partial charge is 0.396 e. The Hall–Kier alpha value is -2.06. The lowest BCUT2D eigenvalue weighted by Gasteiger charge is -2.17. The molecule has 3 heterocycles. The van der Waals surface area contributed by atoms with Crippen LogP contribution in [0.4, 0.5) is 0 Å². The second kappa shape index (κ2) is 6.10. The van der Waals surface area contributed by atoms with Gasteiger partial charge in [-0.2, -0.15) is 0 Å². The first-order valence-electron chi connectivity index (χ1n) is 8.22. The number of rotatable bonds is 4. The summed E-state index contributed by atoms with van der Waals surface area (Å²) in [5.41, 5.74) is 2.03. The molecule has 8 heteroatoms. The average Bonchev–Trinajstić information content (AvgIpc) is 3.15. The second-order valence-corrected chi connectivity index (χ2v) is 7.40. The van der Waals surface area contributed by atoms with Crippen LogP contribution in [0.2, 0.25) is 0 Å². The lowest BCUT2D eigenvalue weighted by atomic mass is 9.89. The molecule has 1 aliphatic rings. The number of carbonyl (C=O) groups is 1. The highest BCUT2D eigenvalue weighted by Crippen LogP contribution is 2.38. The smallest absolute Gasteiger partial charge is 0.290 e. The van der Waals surface area contributed by atoms with Crippen LogP contribution < -0.4 is 5.32 Å². The number of carbonyl (C=O) groups excluding carboxylic acids is 1. The molecular formula is C16H19N5O2S. The number of aliphatic hydroxyl groups excluding tert-OH is 1. The molecule has 0 aliphatic heterocycles. The van der Waals surface area contributed by atoms with Crippen molar-refractivity contribution >= 4 is 33.1 Å². The van der Waals surface area contributed by atoms with Crippen LogP contribution in [-0.2, 0) is 12.8 Å². The average molecular weight is 345 g/mol. The predicted molar refractivity (Wildman–Crippen MR) is 91.4 cm³/mol. The first kappa shape index (κ1) is 15.5. The van der Waals surface area contributed by atoms with Gasteiger partial charge in [0.2, 0.25) is 5.82 Å². The van der Waals surface area contributed by atoms with Gasteiger partial charge in [-0.1, -0.05) is 6.92 Å². The van der Waals surface area contributed by atoms with Gasteiger partial charge in [0.05, 0.1) is 5.39 Å². The van der Waals surface area contributed by atoms with Crippen molar-refractivity contribution < 1.29 is 9.90 Å². The van der Waals surface area contributed by atoms with Crippen molar-refractivity contribution in [3.8, 4) is 0 Å². The number of amides is 1. The van der Waals surface area contributed by atoms with Crippen LogP contribution in [0.5, 0.6) is 0 Å². The lowest BCUT2D eigenvalue weighted by molar-refractivity contribution is 0.0941. The Kier molecular flexibility index (Phi) is 3.93. The van der Waals surface area contributed by atoms with Crippen LogP contribution in [0.25, 0.3) is 15.9 Å². The molecule has 24 heavy (non-hydrogen) atoms. The summed E-state index contributed by atoms with van der Waals surface area (Å²) >= 11 is 1.73. The fraction of sp³-hybridized carbons (Fsp3) is 0.500. The van der Waals surface area contributed by atoms with Crippen molar-refractivity contribution in [1.29, 1.82) is 0 Å². The molecule has 4 rings (SSSR count). The molecule has 1 aliphatic carbocycles. The standard InChI is InChI=1S/C16H19N5O2S/c1-9-3-4-11-10(7-9)12-14-19-13(15(23)17-5-2-6-22)20-21(14)8-18-16(12)24-11/h8-9,22H,2-7H2,1H3,(H,17,23). The minimum atomic E-state index is -0.322. The fourth-order valence-electron chi connectivity index (χ4n) is 3.20. The summed E-state index contributed by atoms with van der Waals surface area (Å²) in [5.74, 6) is 0.476. The normalized spacial score (nSPS) is 17.3. The summed E-state index contributed by atoms with van der Waals surface area (Å²) in [5, 5.41) is 16.8. The zero-order chi connectivity index (χ0) is 16.7. The van der Waals surface area contributed by atoms with Crippen LogP contribution in [-0.4, -0.2) is 43.7 Å². The van der Waals surface area contributed by atoms with Crippen LogP contribution in [0.1, 0.15) is 40.8 Å². The summed E-state index contributed by atoms with van der Waals surface area (Å²) in [6.45, 7) is 2.72. The van der Waals surface area contributed by atoms with Gasteiger partial charge in [-0.05, 0) is 37.2 Å². The maximum Gasteiger partial charge on any atom is 0.290 e. The van der Waals surface area contributed by atoms with E-state index in [0.29, 0.717) is 24.5 Å². The Morgan fingerprint density at radius 1 is 1.54 bits per heavy atom. The van der Waals surface area contributed by atoms with Gasteiger partial charge in [0.1, 0.15) is 11.2 Å². The molecule has 0 bridgehead atoms. The third-order valence-corrected chi connectivity index (χ3v) is 5.65. The summed E-state index contributed by atoms with van der Waals surface area (Å²) in [4.78, 5) is 23.5. The number of nitrogens with one attached hydrogen (secondary N) is 1. The van der Waals surface area contributed by atoms with E-state index < -0.39 is 0 Å². The minimum absolute atomic E-state index is 0.0443. The van der Waals surface area contributed by atoms with Crippen LogP contribution in [0.15, 0.2) is 6.33 Å². The van der Waals surface area contributed by atoms with Crippen molar-refractivity contribution in [2.45, 2.75) is 32.6 Å². The molecule has 3 aromatic heterocycles. The molecule has 126 valence electrons. The van der Waals surface area contributed by atoms with E-state index in [9.17, 15) is 4.79 Å². The number of aromatic nitrogens is 4. The number of thiophene rings is 1. The Bertz CT molecular complexity index is 916. The zero-order valence-electron chi connectivity index (χ0n) is 13.4. The minimum Gasteiger partial charge on any atom is -0.396 e. The number of hydrogen-bond donors (Lipinski definition) is 2. The number of fused-ring (bicyclic) bond motifs is 5. The molecule has 7 nitrogen and oxygen atoms in total. The van der Waals surface area contributed by atoms with Gasteiger partial charge < -0.3 is 10.4 Å².